The number of hydrogen-bond donors (Lipinski definition) is 2. The van der Waals surface area contributed by atoms with E-state index in [2.05, 4.69) is 56.2 Å². The number of aryl methyl sites for hydroxylation is 1. The second-order valence-corrected chi connectivity index (χ2v) is 6.53. The number of oxime groups is 1. The SMILES string of the molecule is C[C@@H](CN1CCCc2cccc(I)c2C1)NC(=O)/C=N\O. The predicted molar refractivity (Wildman–Crippen MR) is 90.6 cm³/mol. The van der Waals surface area contributed by atoms with E-state index in [1.165, 1.54) is 14.7 Å². The van der Waals surface area contributed by atoms with Crippen LogP contribution < -0.4 is 5.32 Å². The van der Waals surface area contributed by atoms with E-state index in [1.54, 1.807) is 0 Å². The van der Waals surface area contributed by atoms with Crippen molar-refractivity contribution in [2.24, 2.45) is 5.16 Å². The average molecular weight is 401 g/mol. The molecule has 0 unspecified atom stereocenters. The minimum absolute atomic E-state index is 0.0124. The van der Waals surface area contributed by atoms with Crippen LogP contribution in [0.2, 0.25) is 0 Å². The fourth-order valence-electron chi connectivity index (χ4n) is 2.73. The molecular formula is C15H20IN3O2. The predicted octanol–water partition coefficient (Wildman–Crippen LogP) is 2.00. The minimum Gasteiger partial charge on any atom is -0.411 e. The van der Waals surface area contributed by atoms with E-state index >= 15 is 0 Å². The van der Waals surface area contributed by atoms with Gasteiger partial charge in [0, 0.05) is 22.7 Å². The van der Waals surface area contributed by atoms with Gasteiger partial charge in [0.05, 0.1) is 0 Å². The molecule has 0 bridgehead atoms. The topological polar surface area (TPSA) is 64.9 Å². The summed E-state index contributed by atoms with van der Waals surface area (Å²) in [7, 11) is 0. The maximum Gasteiger partial charge on any atom is 0.266 e. The Morgan fingerprint density at radius 3 is 3.19 bits per heavy atom. The van der Waals surface area contributed by atoms with Crippen molar-refractivity contribution in [3.8, 4) is 0 Å². The van der Waals surface area contributed by atoms with Gasteiger partial charge in [0.2, 0.25) is 0 Å². The van der Waals surface area contributed by atoms with Crippen LogP contribution in [0.1, 0.15) is 24.5 Å². The van der Waals surface area contributed by atoms with Gasteiger partial charge in [-0.05, 0) is 66.1 Å². The molecule has 21 heavy (non-hydrogen) atoms. The molecule has 0 saturated heterocycles. The van der Waals surface area contributed by atoms with E-state index in [4.69, 9.17) is 5.21 Å². The molecule has 1 aromatic carbocycles. The molecule has 0 radical (unpaired) electrons. The molecule has 1 aliphatic heterocycles. The molecule has 0 aromatic heterocycles. The number of benzene rings is 1. The Kier molecular flexibility index (Phi) is 5.98. The first-order valence-corrected chi connectivity index (χ1v) is 8.14. The summed E-state index contributed by atoms with van der Waals surface area (Å²) in [4.78, 5) is 13.7. The molecule has 0 fully saturated rings. The molecule has 2 rings (SSSR count). The minimum atomic E-state index is -0.366. The summed E-state index contributed by atoms with van der Waals surface area (Å²) in [5.41, 5.74) is 2.85. The highest BCUT2D eigenvalue weighted by molar-refractivity contribution is 14.1. The highest BCUT2D eigenvalue weighted by Gasteiger charge is 2.18. The molecule has 5 nitrogen and oxygen atoms in total. The first-order valence-electron chi connectivity index (χ1n) is 7.06. The van der Waals surface area contributed by atoms with Gasteiger partial charge in [-0.2, -0.15) is 0 Å². The molecule has 0 saturated carbocycles. The standard InChI is InChI=1S/C15H20IN3O2/c1-11(18-15(20)8-17-21)9-19-7-3-5-12-4-2-6-14(16)13(12)10-19/h2,4,6,8,11,21H,3,5,7,9-10H2,1H3,(H,18,20)/b17-8-/t11-/m0/s1. The zero-order chi connectivity index (χ0) is 15.2. The molecular weight excluding hydrogens is 381 g/mol. The smallest absolute Gasteiger partial charge is 0.266 e. The third-order valence-electron chi connectivity index (χ3n) is 3.61. The fraction of sp³-hybridized carbons (Fsp3) is 0.467. The molecule has 1 heterocycles. The van der Waals surface area contributed by atoms with Gasteiger partial charge in [0.15, 0.2) is 0 Å². The number of halogens is 1. The normalized spacial score (nSPS) is 17.2. The van der Waals surface area contributed by atoms with Crippen LogP contribution in [0.5, 0.6) is 0 Å². The highest BCUT2D eigenvalue weighted by atomic mass is 127. The number of carbonyl (C=O) groups is 1. The summed E-state index contributed by atoms with van der Waals surface area (Å²) in [6.45, 7) is 4.70. The molecule has 6 heteroatoms. The van der Waals surface area contributed by atoms with Gasteiger partial charge in [-0.25, -0.2) is 0 Å². The van der Waals surface area contributed by atoms with Gasteiger partial charge in [-0.15, -0.1) is 0 Å². The van der Waals surface area contributed by atoms with Crippen LogP contribution in [0.3, 0.4) is 0 Å². The number of nitrogens with zero attached hydrogens (tertiary/aromatic N) is 2. The number of nitrogens with one attached hydrogen (secondary N) is 1. The molecule has 1 aromatic rings. The lowest BCUT2D eigenvalue weighted by Gasteiger charge is -2.25. The monoisotopic (exact) mass is 401 g/mol. The summed E-state index contributed by atoms with van der Waals surface area (Å²) in [5, 5.41) is 13.9. The molecule has 2 N–H and O–H groups in total. The van der Waals surface area contributed by atoms with Crippen molar-refractivity contribution in [3.63, 3.8) is 0 Å². The Balaban J connectivity index is 1.98. The molecule has 0 spiro atoms. The zero-order valence-electron chi connectivity index (χ0n) is 12.1. The average Bonchev–Trinajstić information content (AvgIpc) is 2.62. The summed E-state index contributed by atoms with van der Waals surface area (Å²) >= 11 is 2.39. The van der Waals surface area contributed by atoms with Crippen LogP contribution in [0.4, 0.5) is 0 Å². The van der Waals surface area contributed by atoms with Gasteiger partial charge in [-0.3, -0.25) is 9.69 Å². The van der Waals surface area contributed by atoms with E-state index in [9.17, 15) is 4.79 Å². The van der Waals surface area contributed by atoms with Crippen molar-refractivity contribution >= 4 is 34.7 Å². The molecule has 114 valence electrons. The van der Waals surface area contributed by atoms with Gasteiger partial charge in [0.25, 0.3) is 5.91 Å². The molecule has 0 aliphatic carbocycles. The van der Waals surface area contributed by atoms with Crippen LogP contribution in [0.25, 0.3) is 0 Å². The lowest BCUT2D eigenvalue weighted by atomic mass is 10.0. The van der Waals surface area contributed by atoms with E-state index < -0.39 is 0 Å². The Bertz CT molecular complexity index is 534. The van der Waals surface area contributed by atoms with Crippen LogP contribution in [0.15, 0.2) is 23.4 Å². The van der Waals surface area contributed by atoms with Crippen molar-refractivity contribution in [1.29, 1.82) is 0 Å². The largest absolute Gasteiger partial charge is 0.411 e. The quantitative estimate of drug-likeness (QED) is 0.351. The van der Waals surface area contributed by atoms with Crippen molar-refractivity contribution in [1.82, 2.24) is 10.2 Å². The van der Waals surface area contributed by atoms with Crippen LogP contribution in [-0.4, -0.2) is 41.4 Å². The lowest BCUT2D eigenvalue weighted by molar-refractivity contribution is -0.115. The van der Waals surface area contributed by atoms with E-state index in [1.807, 2.05) is 6.92 Å². The third-order valence-corrected chi connectivity index (χ3v) is 4.62. The highest BCUT2D eigenvalue weighted by Crippen LogP contribution is 2.23. The molecule has 1 amide bonds. The third kappa shape index (κ3) is 4.67. The lowest BCUT2D eigenvalue weighted by Crippen LogP contribution is -2.42. The van der Waals surface area contributed by atoms with E-state index in [-0.39, 0.29) is 11.9 Å². The number of carbonyl (C=O) groups excluding carboxylic acids is 1. The first-order chi connectivity index (χ1) is 10.1. The van der Waals surface area contributed by atoms with Gasteiger partial charge >= 0.3 is 0 Å². The van der Waals surface area contributed by atoms with Crippen molar-refractivity contribution in [2.75, 3.05) is 13.1 Å². The van der Waals surface area contributed by atoms with E-state index in [0.29, 0.717) is 0 Å². The number of hydrogen-bond acceptors (Lipinski definition) is 4. The fourth-order valence-corrected chi connectivity index (χ4v) is 3.46. The maximum atomic E-state index is 11.4. The van der Waals surface area contributed by atoms with Crippen molar-refractivity contribution in [3.05, 3.63) is 32.9 Å². The molecule has 1 aliphatic rings. The van der Waals surface area contributed by atoms with Gasteiger partial charge < -0.3 is 10.5 Å². The Labute approximate surface area is 138 Å². The number of fused-ring (bicyclic) bond motifs is 1. The van der Waals surface area contributed by atoms with E-state index in [0.717, 1.165) is 38.7 Å². The number of amides is 1. The van der Waals surface area contributed by atoms with Crippen LogP contribution in [-0.2, 0) is 17.8 Å². The summed E-state index contributed by atoms with van der Waals surface area (Å²) in [5.74, 6) is -0.366. The van der Waals surface area contributed by atoms with Crippen molar-refractivity contribution < 1.29 is 10.0 Å². The summed E-state index contributed by atoms with van der Waals surface area (Å²) in [6, 6.07) is 6.49. The van der Waals surface area contributed by atoms with Crippen LogP contribution >= 0.6 is 22.6 Å². The number of rotatable bonds is 4. The van der Waals surface area contributed by atoms with Crippen LogP contribution in [0, 0.1) is 3.57 Å². The second kappa shape index (κ2) is 7.74. The Morgan fingerprint density at radius 1 is 1.62 bits per heavy atom. The Morgan fingerprint density at radius 2 is 2.43 bits per heavy atom. The van der Waals surface area contributed by atoms with Gasteiger partial charge in [-0.1, -0.05) is 17.3 Å². The van der Waals surface area contributed by atoms with Crippen molar-refractivity contribution in [2.45, 2.75) is 32.4 Å². The first kappa shape index (κ1) is 16.2. The molecule has 1 atom stereocenters. The summed E-state index contributed by atoms with van der Waals surface area (Å²) in [6.07, 6.45) is 3.13. The zero-order valence-corrected chi connectivity index (χ0v) is 14.2. The second-order valence-electron chi connectivity index (χ2n) is 5.37. The van der Waals surface area contributed by atoms with Gasteiger partial charge in [0.1, 0.15) is 6.21 Å². The Hall–Kier alpha value is -1.15. The maximum absolute atomic E-state index is 11.4. The summed E-state index contributed by atoms with van der Waals surface area (Å²) < 4.78 is 1.31.